The molecule has 0 aliphatic carbocycles. The smallest absolute Gasteiger partial charge is 0.261 e. The molecule has 27 heavy (non-hydrogen) atoms. The number of nitrogens with one attached hydrogen (secondary N) is 1. The SMILES string of the molecule is Cc1ccc(-n2ncc(C(=O)Nc3ccccc3Br)c2-n2cccc2)cc1. The first-order valence-electron chi connectivity index (χ1n) is 8.48. The van der Waals surface area contributed by atoms with Gasteiger partial charge in [0.05, 0.1) is 17.6 Å². The fraction of sp³-hybridized carbons (Fsp3) is 0.0476. The number of hydrogen-bond donors (Lipinski definition) is 1. The predicted octanol–water partition coefficient (Wildman–Crippen LogP) is 4.99. The van der Waals surface area contributed by atoms with E-state index >= 15 is 0 Å². The summed E-state index contributed by atoms with van der Waals surface area (Å²) in [6.45, 7) is 2.04. The molecule has 4 aromatic rings. The summed E-state index contributed by atoms with van der Waals surface area (Å²) < 4.78 is 4.49. The molecule has 2 aromatic carbocycles. The molecule has 1 amide bonds. The van der Waals surface area contributed by atoms with Gasteiger partial charge in [-0.3, -0.25) is 4.79 Å². The van der Waals surface area contributed by atoms with Crippen LogP contribution < -0.4 is 5.32 Å². The van der Waals surface area contributed by atoms with Gasteiger partial charge in [-0.25, -0.2) is 4.68 Å². The van der Waals surface area contributed by atoms with Crippen LogP contribution in [0.5, 0.6) is 0 Å². The molecule has 0 fully saturated rings. The molecule has 2 heterocycles. The third kappa shape index (κ3) is 3.44. The van der Waals surface area contributed by atoms with Crippen molar-refractivity contribution >= 4 is 27.5 Å². The Bertz CT molecular complexity index is 1080. The van der Waals surface area contributed by atoms with Gasteiger partial charge in [-0.1, -0.05) is 29.8 Å². The second-order valence-electron chi connectivity index (χ2n) is 6.15. The van der Waals surface area contributed by atoms with Crippen molar-refractivity contribution in [2.75, 3.05) is 5.32 Å². The number of amides is 1. The lowest BCUT2D eigenvalue weighted by Gasteiger charge is -2.12. The van der Waals surface area contributed by atoms with Crippen LogP contribution in [0.25, 0.3) is 11.5 Å². The lowest BCUT2D eigenvalue weighted by Crippen LogP contribution is -2.15. The summed E-state index contributed by atoms with van der Waals surface area (Å²) in [5.74, 6) is 0.470. The Kier molecular flexibility index (Phi) is 4.64. The average molecular weight is 421 g/mol. The highest BCUT2D eigenvalue weighted by Gasteiger charge is 2.20. The van der Waals surface area contributed by atoms with Crippen LogP contribution in [-0.4, -0.2) is 20.3 Å². The first-order valence-corrected chi connectivity index (χ1v) is 9.27. The Morgan fingerprint density at radius 1 is 1.00 bits per heavy atom. The molecule has 4 rings (SSSR count). The van der Waals surface area contributed by atoms with E-state index in [1.165, 1.54) is 5.56 Å². The molecule has 0 spiro atoms. The molecule has 0 aliphatic heterocycles. The van der Waals surface area contributed by atoms with Gasteiger partial charge in [-0.15, -0.1) is 0 Å². The molecule has 0 atom stereocenters. The van der Waals surface area contributed by atoms with Crippen molar-refractivity contribution in [2.24, 2.45) is 0 Å². The molecule has 0 aliphatic rings. The summed E-state index contributed by atoms with van der Waals surface area (Å²) in [7, 11) is 0. The van der Waals surface area contributed by atoms with Crippen LogP contribution in [0.3, 0.4) is 0 Å². The van der Waals surface area contributed by atoms with Gasteiger partial charge in [0.25, 0.3) is 5.91 Å². The topological polar surface area (TPSA) is 51.9 Å². The second-order valence-corrected chi connectivity index (χ2v) is 7.01. The van der Waals surface area contributed by atoms with Crippen LogP contribution in [0, 0.1) is 6.92 Å². The van der Waals surface area contributed by atoms with E-state index in [1.54, 1.807) is 10.9 Å². The standard InChI is InChI=1S/C21H17BrN4O/c1-15-8-10-16(11-9-15)26-21(25-12-4-5-13-25)17(14-23-26)20(27)24-19-7-3-2-6-18(19)22/h2-14H,1H3,(H,24,27). The minimum absolute atomic E-state index is 0.219. The number of nitrogens with zero attached hydrogens (tertiary/aromatic N) is 3. The van der Waals surface area contributed by atoms with Crippen molar-refractivity contribution in [3.8, 4) is 11.5 Å². The van der Waals surface area contributed by atoms with Gasteiger partial charge in [0, 0.05) is 16.9 Å². The van der Waals surface area contributed by atoms with Crippen LogP contribution in [0.4, 0.5) is 5.69 Å². The lowest BCUT2D eigenvalue weighted by atomic mass is 10.2. The summed E-state index contributed by atoms with van der Waals surface area (Å²) in [5.41, 5.74) is 3.26. The predicted molar refractivity (Wildman–Crippen MR) is 110 cm³/mol. The molecule has 134 valence electrons. The number of aromatic nitrogens is 3. The molecular weight excluding hydrogens is 404 g/mol. The van der Waals surface area contributed by atoms with Gasteiger partial charge in [0.15, 0.2) is 5.82 Å². The van der Waals surface area contributed by atoms with Crippen molar-refractivity contribution < 1.29 is 4.79 Å². The summed E-state index contributed by atoms with van der Waals surface area (Å²) in [6.07, 6.45) is 5.40. The number of carbonyl (C=O) groups excluding carboxylic acids is 1. The summed E-state index contributed by atoms with van der Waals surface area (Å²) in [4.78, 5) is 13.0. The number of halogens is 1. The Morgan fingerprint density at radius 2 is 1.70 bits per heavy atom. The fourth-order valence-electron chi connectivity index (χ4n) is 2.85. The van der Waals surface area contributed by atoms with Crippen molar-refractivity contribution in [1.29, 1.82) is 0 Å². The van der Waals surface area contributed by atoms with E-state index in [4.69, 9.17) is 0 Å². The van der Waals surface area contributed by atoms with Crippen molar-refractivity contribution in [3.05, 3.63) is 94.9 Å². The highest BCUT2D eigenvalue weighted by Crippen LogP contribution is 2.24. The molecule has 2 aromatic heterocycles. The molecule has 0 saturated heterocycles. The molecule has 0 radical (unpaired) electrons. The summed E-state index contributed by atoms with van der Waals surface area (Å²) in [6, 6.07) is 19.4. The molecule has 0 bridgehead atoms. The third-order valence-corrected chi connectivity index (χ3v) is 4.93. The van der Waals surface area contributed by atoms with E-state index in [2.05, 4.69) is 26.3 Å². The minimum Gasteiger partial charge on any atom is -0.321 e. The highest BCUT2D eigenvalue weighted by molar-refractivity contribution is 9.10. The van der Waals surface area contributed by atoms with E-state index in [1.807, 2.05) is 84.5 Å². The van der Waals surface area contributed by atoms with Crippen LogP contribution in [0.2, 0.25) is 0 Å². The van der Waals surface area contributed by atoms with Gasteiger partial charge >= 0.3 is 0 Å². The number of rotatable bonds is 4. The quantitative estimate of drug-likeness (QED) is 0.505. The Morgan fingerprint density at radius 3 is 2.41 bits per heavy atom. The van der Waals surface area contributed by atoms with Crippen molar-refractivity contribution in [3.63, 3.8) is 0 Å². The number of carbonyl (C=O) groups is 1. The van der Waals surface area contributed by atoms with Gasteiger partial charge in [0.1, 0.15) is 5.56 Å². The zero-order valence-corrected chi connectivity index (χ0v) is 16.2. The zero-order chi connectivity index (χ0) is 18.8. The lowest BCUT2D eigenvalue weighted by molar-refractivity contribution is 0.102. The third-order valence-electron chi connectivity index (χ3n) is 4.24. The zero-order valence-electron chi connectivity index (χ0n) is 14.6. The number of aryl methyl sites for hydroxylation is 1. The fourth-order valence-corrected chi connectivity index (χ4v) is 3.24. The maximum absolute atomic E-state index is 13.0. The molecule has 6 heteroatoms. The highest BCUT2D eigenvalue weighted by atomic mass is 79.9. The second kappa shape index (κ2) is 7.25. The minimum atomic E-state index is -0.219. The normalized spacial score (nSPS) is 10.7. The summed E-state index contributed by atoms with van der Waals surface area (Å²) in [5, 5.41) is 7.43. The Labute approximate surface area is 165 Å². The van der Waals surface area contributed by atoms with E-state index in [0.717, 1.165) is 10.2 Å². The van der Waals surface area contributed by atoms with Crippen molar-refractivity contribution in [1.82, 2.24) is 14.3 Å². The first-order chi connectivity index (χ1) is 13.1. The van der Waals surface area contributed by atoms with E-state index in [-0.39, 0.29) is 5.91 Å². The van der Waals surface area contributed by atoms with Gasteiger partial charge in [-0.2, -0.15) is 5.10 Å². The Hall–Kier alpha value is -3.12. The molecule has 1 N–H and O–H groups in total. The largest absolute Gasteiger partial charge is 0.321 e. The van der Waals surface area contributed by atoms with Crippen LogP contribution in [0.15, 0.2) is 83.7 Å². The molecular formula is C21H17BrN4O. The van der Waals surface area contributed by atoms with Crippen LogP contribution >= 0.6 is 15.9 Å². The van der Waals surface area contributed by atoms with Gasteiger partial charge in [-0.05, 0) is 59.3 Å². The first kappa shape index (κ1) is 17.3. The maximum atomic E-state index is 13.0. The Balaban J connectivity index is 1.78. The average Bonchev–Trinajstić information content (AvgIpc) is 3.33. The monoisotopic (exact) mass is 420 g/mol. The number of hydrogen-bond acceptors (Lipinski definition) is 2. The van der Waals surface area contributed by atoms with Crippen molar-refractivity contribution in [2.45, 2.75) is 6.92 Å². The molecule has 0 unspecified atom stereocenters. The van der Waals surface area contributed by atoms with E-state index in [0.29, 0.717) is 17.1 Å². The van der Waals surface area contributed by atoms with Crippen LogP contribution in [0.1, 0.15) is 15.9 Å². The van der Waals surface area contributed by atoms with Gasteiger partial charge in [0.2, 0.25) is 0 Å². The van der Waals surface area contributed by atoms with E-state index in [9.17, 15) is 4.79 Å². The molecule has 0 saturated carbocycles. The van der Waals surface area contributed by atoms with Gasteiger partial charge < -0.3 is 9.88 Å². The molecule has 5 nitrogen and oxygen atoms in total. The van der Waals surface area contributed by atoms with Crippen LogP contribution in [-0.2, 0) is 0 Å². The summed E-state index contributed by atoms with van der Waals surface area (Å²) >= 11 is 3.46. The number of benzene rings is 2. The maximum Gasteiger partial charge on any atom is 0.261 e. The number of para-hydroxylation sites is 1. The number of anilines is 1. The van der Waals surface area contributed by atoms with E-state index < -0.39 is 0 Å².